The normalized spacial score (nSPS) is 9.00. The van der Waals surface area contributed by atoms with Crippen molar-refractivity contribution in [1.82, 2.24) is 4.90 Å². The molecule has 0 fully saturated rings. The molecule has 0 saturated heterocycles. The number of hydrogen-bond donors (Lipinski definition) is 0. The first-order valence-electron chi connectivity index (χ1n) is 4.61. The Hall–Kier alpha value is -2.02. The number of nitrogens with zero attached hydrogens (tertiary/aromatic N) is 1. The molecule has 16 heavy (non-hydrogen) atoms. The van der Waals surface area contributed by atoms with Gasteiger partial charge in [0.15, 0.2) is 0 Å². The highest BCUT2D eigenvalue weighted by Crippen LogP contribution is 2.19. The van der Waals surface area contributed by atoms with Crippen LogP contribution in [0.3, 0.4) is 0 Å². The first-order chi connectivity index (χ1) is 7.54. The smallest absolute Gasteiger partial charge is 0.241 e. The maximum absolute atomic E-state index is 13.0. The number of carbonyl (C=O) groups is 1. The Morgan fingerprint density at radius 2 is 2.12 bits per heavy atom. The summed E-state index contributed by atoms with van der Waals surface area (Å²) in [6.45, 7) is 0. The maximum atomic E-state index is 13.0. The molecule has 3 nitrogen and oxygen atoms in total. The number of ether oxygens (including phenoxy) is 1. The second kappa shape index (κ2) is 5.17. The number of ketones is 1. The van der Waals surface area contributed by atoms with Crippen molar-refractivity contribution in [2.75, 3.05) is 21.2 Å². The Labute approximate surface area is 93.8 Å². The predicted molar refractivity (Wildman–Crippen MR) is 58.7 cm³/mol. The van der Waals surface area contributed by atoms with Gasteiger partial charge in [0.2, 0.25) is 5.78 Å². The molecule has 0 aliphatic carbocycles. The van der Waals surface area contributed by atoms with Crippen LogP contribution >= 0.6 is 0 Å². The van der Waals surface area contributed by atoms with Crippen molar-refractivity contribution in [2.45, 2.75) is 0 Å². The van der Waals surface area contributed by atoms with Crippen molar-refractivity contribution < 1.29 is 13.9 Å². The minimum atomic E-state index is -0.490. The van der Waals surface area contributed by atoms with Crippen LogP contribution in [-0.2, 0) is 0 Å². The molecule has 0 saturated carbocycles. The van der Waals surface area contributed by atoms with Crippen LogP contribution in [-0.4, -0.2) is 31.9 Å². The van der Waals surface area contributed by atoms with E-state index in [2.05, 4.69) is 12.0 Å². The second-order valence-electron chi connectivity index (χ2n) is 3.30. The molecule has 0 amide bonds. The zero-order valence-corrected chi connectivity index (χ0v) is 9.37. The van der Waals surface area contributed by atoms with E-state index < -0.39 is 11.6 Å². The van der Waals surface area contributed by atoms with Crippen molar-refractivity contribution in [3.05, 3.63) is 29.6 Å². The summed E-state index contributed by atoms with van der Waals surface area (Å²) in [6.07, 6.45) is 0. The predicted octanol–water partition coefficient (Wildman–Crippen LogP) is 1.54. The summed E-state index contributed by atoms with van der Waals surface area (Å²) in [4.78, 5) is 13.2. The lowest BCUT2D eigenvalue weighted by atomic mass is 10.1. The van der Waals surface area contributed by atoms with Gasteiger partial charge in [-0.1, -0.05) is 0 Å². The van der Waals surface area contributed by atoms with Gasteiger partial charge in [0.05, 0.1) is 12.7 Å². The van der Waals surface area contributed by atoms with Gasteiger partial charge in [-0.3, -0.25) is 4.79 Å². The van der Waals surface area contributed by atoms with Gasteiger partial charge in [-0.25, -0.2) is 4.39 Å². The zero-order chi connectivity index (χ0) is 12.1. The fourth-order valence-electron chi connectivity index (χ4n) is 1.09. The van der Waals surface area contributed by atoms with Gasteiger partial charge in [-0.15, -0.1) is 0 Å². The molecule has 0 heterocycles. The molecule has 0 N–H and O–H groups in total. The Bertz CT molecular complexity index is 458. The average molecular weight is 221 g/mol. The van der Waals surface area contributed by atoms with Crippen LogP contribution in [0.1, 0.15) is 10.4 Å². The molecular formula is C12H12FNO2. The lowest BCUT2D eigenvalue weighted by Crippen LogP contribution is -2.05. The van der Waals surface area contributed by atoms with Crippen LogP contribution in [0.5, 0.6) is 5.75 Å². The lowest BCUT2D eigenvalue weighted by Gasteiger charge is -2.04. The van der Waals surface area contributed by atoms with Crippen molar-refractivity contribution in [1.29, 1.82) is 0 Å². The average Bonchev–Trinajstić information content (AvgIpc) is 2.25. The molecule has 1 rings (SSSR count). The molecule has 0 unspecified atom stereocenters. The van der Waals surface area contributed by atoms with Crippen LogP contribution < -0.4 is 4.74 Å². The molecule has 0 bridgehead atoms. The second-order valence-corrected chi connectivity index (χ2v) is 3.30. The highest BCUT2D eigenvalue weighted by Gasteiger charge is 2.11. The highest BCUT2D eigenvalue weighted by molar-refractivity contribution is 6.10. The number of Topliss-reactive ketones (excluding diaryl/α,β-unsaturated/α-hetero) is 1. The van der Waals surface area contributed by atoms with E-state index in [0.29, 0.717) is 5.75 Å². The number of halogens is 1. The van der Waals surface area contributed by atoms with Crippen LogP contribution in [0.2, 0.25) is 0 Å². The third-order valence-electron chi connectivity index (χ3n) is 1.80. The van der Waals surface area contributed by atoms with Gasteiger partial charge >= 0.3 is 0 Å². The van der Waals surface area contributed by atoms with Crippen molar-refractivity contribution >= 4 is 5.78 Å². The van der Waals surface area contributed by atoms with Crippen LogP contribution in [0, 0.1) is 17.8 Å². The minimum Gasteiger partial charge on any atom is -0.496 e. The summed E-state index contributed by atoms with van der Waals surface area (Å²) in [5, 5.41) is 0. The van der Waals surface area contributed by atoms with E-state index in [1.165, 1.54) is 19.2 Å². The molecule has 1 aromatic carbocycles. The Morgan fingerprint density at radius 1 is 1.44 bits per heavy atom. The first kappa shape index (κ1) is 12.1. The van der Waals surface area contributed by atoms with E-state index in [0.717, 1.165) is 6.07 Å². The SMILES string of the molecule is COc1ccc(F)cc1C(=O)C#CN(C)C. The standard InChI is InChI=1S/C12H12FNO2/c1-14(2)7-6-11(15)10-8-9(13)4-5-12(10)16-3/h4-5,8H,1-3H3. The van der Waals surface area contributed by atoms with Crippen molar-refractivity contribution in [2.24, 2.45) is 0 Å². The monoisotopic (exact) mass is 221 g/mol. The van der Waals surface area contributed by atoms with E-state index in [9.17, 15) is 9.18 Å². The van der Waals surface area contributed by atoms with Gasteiger partial charge in [-0.05, 0) is 18.2 Å². The van der Waals surface area contributed by atoms with Gasteiger partial charge in [-0.2, -0.15) is 0 Å². The number of rotatable bonds is 2. The number of carbonyl (C=O) groups excluding carboxylic acids is 1. The third kappa shape index (κ3) is 2.99. The molecule has 0 aromatic heterocycles. The minimum absolute atomic E-state index is 0.136. The highest BCUT2D eigenvalue weighted by atomic mass is 19.1. The van der Waals surface area contributed by atoms with Crippen LogP contribution in [0.15, 0.2) is 18.2 Å². The largest absolute Gasteiger partial charge is 0.496 e. The lowest BCUT2D eigenvalue weighted by molar-refractivity contribution is 0.105. The summed E-state index contributed by atoms with van der Waals surface area (Å²) in [5.41, 5.74) is 0.136. The zero-order valence-electron chi connectivity index (χ0n) is 9.37. The Morgan fingerprint density at radius 3 is 2.69 bits per heavy atom. The van der Waals surface area contributed by atoms with Crippen LogP contribution in [0.4, 0.5) is 4.39 Å². The number of benzene rings is 1. The third-order valence-corrected chi connectivity index (χ3v) is 1.80. The molecule has 0 atom stereocenters. The molecule has 0 aliphatic rings. The molecular weight excluding hydrogens is 209 g/mol. The number of hydrogen-bond acceptors (Lipinski definition) is 3. The summed E-state index contributed by atoms with van der Waals surface area (Å²) >= 11 is 0. The van der Waals surface area contributed by atoms with Gasteiger partial charge < -0.3 is 9.64 Å². The number of methoxy groups -OCH3 is 1. The van der Waals surface area contributed by atoms with E-state index in [1.54, 1.807) is 19.0 Å². The van der Waals surface area contributed by atoms with Crippen LogP contribution in [0.25, 0.3) is 0 Å². The van der Waals surface area contributed by atoms with Crippen molar-refractivity contribution in [3.63, 3.8) is 0 Å². The first-order valence-corrected chi connectivity index (χ1v) is 4.61. The maximum Gasteiger partial charge on any atom is 0.241 e. The molecule has 4 heteroatoms. The fourth-order valence-corrected chi connectivity index (χ4v) is 1.09. The molecule has 0 radical (unpaired) electrons. The molecule has 1 aromatic rings. The van der Waals surface area contributed by atoms with Gasteiger partial charge in [0.1, 0.15) is 11.6 Å². The van der Waals surface area contributed by atoms with E-state index in [1.807, 2.05) is 0 Å². The van der Waals surface area contributed by atoms with E-state index in [4.69, 9.17) is 4.74 Å². The topological polar surface area (TPSA) is 29.5 Å². The molecule has 84 valence electrons. The van der Waals surface area contributed by atoms with Gasteiger partial charge in [0.25, 0.3) is 0 Å². The fraction of sp³-hybridized carbons (Fsp3) is 0.250. The molecule has 0 spiro atoms. The quantitative estimate of drug-likeness (QED) is 0.431. The summed E-state index contributed by atoms with van der Waals surface area (Å²) in [5.74, 6) is 1.75. The molecule has 0 aliphatic heterocycles. The van der Waals surface area contributed by atoms with E-state index >= 15 is 0 Å². The van der Waals surface area contributed by atoms with E-state index in [-0.39, 0.29) is 5.56 Å². The Kier molecular flexibility index (Phi) is 3.90. The summed E-state index contributed by atoms with van der Waals surface area (Å²) in [7, 11) is 4.84. The summed E-state index contributed by atoms with van der Waals surface area (Å²) < 4.78 is 17.9. The van der Waals surface area contributed by atoms with Crippen molar-refractivity contribution in [3.8, 4) is 17.7 Å². The Balaban J connectivity index is 3.08. The van der Waals surface area contributed by atoms with Gasteiger partial charge in [0, 0.05) is 26.1 Å². The summed E-state index contributed by atoms with van der Waals surface area (Å²) in [6, 6.07) is 6.32.